The van der Waals surface area contributed by atoms with E-state index in [0.717, 1.165) is 19.1 Å². The quantitative estimate of drug-likeness (QED) is 0.361. The van der Waals surface area contributed by atoms with E-state index in [9.17, 15) is 22.8 Å². The number of carbonyl (C=O) groups excluding carboxylic acids is 2. The highest BCUT2D eigenvalue weighted by molar-refractivity contribution is 7.85. The van der Waals surface area contributed by atoms with Gasteiger partial charge in [0, 0.05) is 5.69 Å². The highest BCUT2D eigenvalue weighted by atomic mass is 32.2. The first-order valence-corrected chi connectivity index (χ1v) is 9.15. The first-order valence-electron chi connectivity index (χ1n) is 7.71. The maximum atomic E-state index is 12.3. The molecule has 0 aliphatic rings. The van der Waals surface area contributed by atoms with Crippen LogP contribution in [0.3, 0.4) is 0 Å². The van der Waals surface area contributed by atoms with Crippen LogP contribution < -0.4 is 5.32 Å². The van der Waals surface area contributed by atoms with Gasteiger partial charge in [-0.15, -0.1) is 0 Å². The standard InChI is InChI=1S/C17H15N3O7S/c1-10(21)15(20-19-14-8-3-2-7-13(14)17(23)24)16(22)18-11-5-4-6-12(9-11)28(25,26)27/h2-9,15H,1H3,(H,18,22)(H,23,24)(H,25,26,27). The summed E-state index contributed by atoms with van der Waals surface area (Å²) < 4.78 is 31.4. The molecule has 0 saturated heterocycles. The lowest BCUT2D eigenvalue weighted by atomic mass is 10.2. The fourth-order valence-electron chi connectivity index (χ4n) is 2.12. The molecule has 1 unspecified atom stereocenters. The molecule has 0 aliphatic heterocycles. The van der Waals surface area contributed by atoms with Crippen LogP contribution in [0.25, 0.3) is 0 Å². The Labute approximate surface area is 159 Å². The summed E-state index contributed by atoms with van der Waals surface area (Å²) in [6.45, 7) is 1.10. The second kappa shape index (κ2) is 8.50. The smallest absolute Gasteiger partial charge is 0.337 e. The number of rotatable bonds is 7. The largest absolute Gasteiger partial charge is 0.478 e. The van der Waals surface area contributed by atoms with Crippen LogP contribution in [0.15, 0.2) is 63.7 Å². The molecule has 0 aromatic heterocycles. The molecule has 0 spiro atoms. The molecule has 0 fully saturated rings. The summed E-state index contributed by atoms with van der Waals surface area (Å²) in [6.07, 6.45) is 0. The molecule has 2 aromatic carbocycles. The van der Waals surface area contributed by atoms with E-state index < -0.39 is 38.7 Å². The molecule has 0 heterocycles. The number of nitrogens with one attached hydrogen (secondary N) is 1. The van der Waals surface area contributed by atoms with Gasteiger partial charge in [0.25, 0.3) is 16.0 Å². The normalized spacial score (nSPS) is 12.5. The lowest BCUT2D eigenvalue weighted by Gasteiger charge is -2.10. The summed E-state index contributed by atoms with van der Waals surface area (Å²) >= 11 is 0. The minimum absolute atomic E-state index is 0.00695. The average Bonchev–Trinajstić information content (AvgIpc) is 2.61. The molecule has 28 heavy (non-hydrogen) atoms. The van der Waals surface area contributed by atoms with Gasteiger partial charge >= 0.3 is 5.97 Å². The predicted molar refractivity (Wildman–Crippen MR) is 97.3 cm³/mol. The highest BCUT2D eigenvalue weighted by Gasteiger charge is 2.24. The molecule has 0 radical (unpaired) electrons. The van der Waals surface area contributed by atoms with Crippen LogP contribution in [0.5, 0.6) is 0 Å². The lowest BCUT2D eigenvalue weighted by Crippen LogP contribution is -2.31. The van der Waals surface area contributed by atoms with Crippen molar-refractivity contribution in [2.75, 3.05) is 5.32 Å². The van der Waals surface area contributed by atoms with E-state index >= 15 is 0 Å². The van der Waals surface area contributed by atoms with E-state index in [-0.39, 0.29) is 16.9 Å². The summed E-state index contributed by atoms with van der Waals surface area (Å²) in [4.78, 5) is 34.8. The molecule has 3 N–H and O–H groups in total. The Balaban J connectivity index is 2.27. The molecule has 146 valence electrons. The molecule has 1 atom stereocenters. The summed E-state index contributed by atoms with van der Waals surface area (Å²) in [5.74, 6) is -2.82. The third kappa shape index (κ3) is 5.28. The van der Waals surface area contributed by atoms with Crippen LogP contribution in [-0.2, 0) is 19.7 Å². The van der Waals surface area contributed by atoms with Gasteiger partial charge in [0.15, 0.2) is 5.78 Å². The maximum Gasteiger partial charge on any atom is 0.337 e. The van der Waals surface area contributed by atoms with Crippen LogP contribution in [0.2, 0.25) is 0 Å². The number of ketones is 1. The van der Waals surface area contributed by atoms with Crippen molar-refractivity contribution in [3.05, 3.63) is 54.1 Å². The number of carboxylic acids is 1. The molecule has 2 rings (SSSR count). The third-order valence-electron chi connectivity index (χ3n) is 3.45. The molecular formula is C17H15N3O7S. The number of benzene rings is 2. The number of nitrogens with zero attached hydrogens (tertiary/aromatic N) is 2. The number of aromatic carboxylic acids is 1. The monoisotopic (exact) mass is 405 g/mol. The average molecular weight is 405 g/mol. The Morgan fingerprint density at radius 3 is 2.36 bits per heavy atom. The number of carbonyl (C=O) groups is 3. The van der Waals surface area contributed by atoms with Crippen molar-refractivity contribution in [3.8, 4) is 0 Å². The first kappa shape index (κ1) is 20.9. The number of carboxylic acid groups (broad SMARTS) is 1. The van der Waals surface area contributed by atoms with Gasteiger partial charge in [-0.3, -0.25) is 14.1 Å². The van der Waals surface area contributed by atoms with Crippen molar-refractivity contribution in [3.63, 3.8) is 0 Å². The summed E-state index contributed by atoms with van der Waals surface area (Å²) in [5, 5.41) is 18.8. The van der Waals surface area contributed by atoms with E-state index in [4.69, 9.17) is 9.66 Å². The summed E-state index contributed by atoms with van der Waals surface area (Å²) in [5.41, 5.74) is -0.190. The van der Waals surface area contributed by atoms with Crippen molar-refractivity contribution >= 4 is 39.2 Å². The minimum Gasteiger partial charge on any atom is -0.478 e. The van der Waals surface area contributed by atoms with Crippen molar-refractivity contribution in [2.24, 2.45) is 10.2 Å². The molecular weight excluding hydrogens is 390 g/mol. The maximum absolute atomic E-state index is 12.3. The van der Waals surface area contributed by atoms with Gasteiger partial charge in [-0.25, -0.2) is 4.79 Å². The van der Waals surface area contributed by atoms with E-state index in [2.05, 4.69) is 15.5 Å². The fourth-order valence-corrected chi connectivity index (χ4v) is 2.65. The van der Waals surface area contributed by atoms with E-state index in [1.54, 1.807) is 0 Å². The summed E-state index contributed by atoms with van der Waals surface area (Å²) in [7, 11) is -4.47. The Bertz CT molecular complexity index is 1060. The Morgan fingerprint density at radius 1 is 1.07 bits per heavy atom. The molecule has 1 amide bonds. The number of Topliss-reactive ketones (excluding diaryl/α,β-unsaturated/α-hetero) is 1. The van der Waals surface area contributed by atoms with Gasteiger partial charge in [-0.05, 0) is 37.3 Å². The second-order valence-electron chi connectivity index (χ2n) is 5.54. The highest BCUT2D eigenvalue weighted by Crippen LogP contribution is 2.20. The topological polar surface area (TPSA) is 163 Å². The van der Waals surface area contributed by atoms with Crippen molar-refractivity contribution in [1.29, 1.82) is 0 Å². The van der Waals surface area contributed by atoms with Crippen LogP contribution in [0.1, 0.15) is 17.3 Å². The number of hydrogen-bond donors (Lipinski definition) is 3. The predicted octanol–water partition coefficient (Wildman–Crippen LogP) is 2.31. The molecule has 0 bridgehead atoms. The molecule has 10 nitrogen and oxygen atoms in total. The van der Waals surface area contributed by atoms with Gasteiger partial charge in [-0.1, -0.05) is 18.2 Å². The van der Waals surface area contributed by atoms with Crippen molar-refractivity contribution < 1.29 is 32.5 Å². The van der Waals surface area contributed by atoms with Gasteiger partial charge in [-0.2, -0.15) is 18.6 Å². The van der Waals surface area contributed by atoms with E-state index in [0.29, 0.717) is 0 Å². The second-order valence-corrected chi connectivity index (χ2v) is 6.96. The Morgan fingerprint density at radius 2 is 1.75 bits per heavy atom. The SMILES string of the molecule is CC(=O)C(N=Nc1ccccc1C(=O)O)C(=O)Nc1cccc(S(=O)(=O)O)c1. The number of hydrogen-bond acceptors (Lipinski definition) is 7. The van der Waals surface area contributed by atoms with Crippen LogP contribution in [0, 0.1) is 0 Å². The van der Waals surface area contributed by atoms with Crippen molar-refractivity contribution in [2.45, 2.75) is 17.9 Å². The number of anilines is 1. The zero-order chi connectivity index (χ0) is 20.9. The van der Waals surface area contributed by atoms with Crippen LogP contribution in [0.4, 0.5) is 11.4 Å². The number of amides is 1. The molecule has 0 aliphatic carbocycles. The van der Waals surface area contributed by atoms with E-state index in [1.807, 2.05) is 0 Å². The van der Waals surface area contributed by atoms with Gasteiger partial charge in [0.2, 0.25) is 6.04 Å². The van der Waals surface area contributed by atoms with Crippen LogP contribution in [-0.4, -0.2) is 41.8 Å². The Kier molecular flexibility index (Phi) is 6.33. The molecule has 11 heteroatoms. The van der Waals surface area contributed by atoms with E-state index in [1.165, 1.54) is 36.4 Å². The fraction of sp³-hybridized carbons (Fsp3) is 0.118. The minimum atomic E-state index is -4.47. The van der Waals surface area contributed by atoms with Gasteiger partial charge < -0.3 is 10.4 Å². The summed E-state index contributed by atoms with van der Waals surface area (Å²) in [6, 6.07) is 8.82. The molecule has 2 aromatic rings. The lowest BCUT2D eigenvalue weighted by molar-refractivity contribution is -0.126. The first-order chi connectivity index (χ1) is 13.1. The molecule has 0 saturated carbocycles. The third-order valence-corrected chi connectivity index (χ3v) is 4.30. The Hall–Kier alpha value is -3.44. The van der Waals surface area contributed by atoms with Gasteiger partial charge in [0.05, 0.1) is 16.1 Å². The van der Waals surface area contributed by atoms with Crippen LogP contribution >= 0.6 is 0 Å². The van der Waals surface area contributed by atoms with Crippen molar-refractivity contribution in [1.82, 2.24) is 0 Å². The zero-order valence-corrected chi connectivity index (χ0v) is 15.3. The van der Waals surface area contributed by atoms with Gasteiger partial charge in [0.1, 0.15) is 0 Å². The zero-order valence-electron chi connectivity index (χ0n) is 14.4. The number of azo groups is 1.